The number of ether oxygens (including phenoxy) is 1. The minimum absolute atomic E-state index is 0.327. The van der Waals surface area contributed by atoms with E-state index >= 15 is 0 Å². The van der Waals surface area contributed by atoms with Crippen LogP contribution in [0.4, 0.5) is 0 Å². The number of carbonyl (C=O) groups excluding carboxylic acids is 2. The third-order valence-electron chi connectivity index (χ3n) is 2.13. The smallest absolute Gasteiger partial charge is 0.323 e. The molecular formula is C10H20N2O3. The van der Waals surface area contributed by atoms with Crippen LogP contribution in [0.5, 0.6) is 0 Å². The number of hydrogen-bond acceptors (Lipinski definition) is 4. The van der Waals surface area contributed by atoms with Crippen LogP contribution in [0.1, 0.15) is 34.1 Å². The van der Waals surface area contributed by atoms with Gasteiger partial charge in [0.2, 0.25) is 5.91 Å². The zero-order valence-electron chi connectivity index (χ0n) is 9.79. The highest BCUT2D eigenvalue weighted by Crippen LogP contribution is 2.06. The van der Waals surface area contributed by atoms with Crippen molar-refractivity contribution in [1.82, 2.24) is 5.32 Å². The van der Waals surface area contributed by atoms with Crippen molar-refractivity contribution in [2.24, 2.45) is 5.73 Å². The maximum Gasteiger partial charge on any atom is 0.323 e. The Morgan fingerprint density at radius 3 is 2.27 bits per heavy atom. The average Bonchev–Trinajstić information content (AvgIpc) is 2.14. The van der Waals surface area contributed by atoms with Crippen molar-refractivity contribution in [1.29, 1.82) is 0 Å². The van der Waals surface area contributed by atoms with Crippen LogP contribution < -0.4 is 11.1 Å². The summed E-state index contributed by atoms with van der Waals surface area (Å²) < 4.78 is 4.87. The third kappa shape index (κ3) is 4.29. The van der Waals surface area contributed by atoms with Crippen molar-refractivity contribution < 1.29 is 14.3 Å². The van der Waals surface area contributed by atoms with Gasteiger partial charge in [0.15, 0.2) is 0 Å². The number of esters is 1. The fourth-order valence-corrected chi connectivity index (χ4v) is 1.08. The molecule has 0 bridgehead atoms. The predicted molar refractivity (Wildman–Crippen MR) is 57.1 cm³/mol. The second-order valence-corrected chi connectivity index (χ2v) is 3.85. The number of amides is 1. The van der Waals surface area contributed by atoms with Crippen LogP contribution in [0, 0.1) is 0 Å². The lowest BCUT2D eigenvalue weighted by molar-refractivity contribution is -0.146. The summed E-state index contributed by atoms with van der Waals surface area (Å²) in [7, 11) is 0. The Bertz CT molecular complexity index is 239. The van der Waals surface area contributed by atoms with Crippen molar-refractivity contribution in [2.75, 3.05) is 6.61 Å². The number of hydrogen-bond donors (Lipinski definition) is 2. The van der Waals surface area contributed by atoms with E-state index in [2.05, 4.69) is 5.32 Å². The van der Waals surface area contributed by atoms with Crippen LogP contribution in [0.15, 0.2) is 0 Å². The minimum Gasteiger partial charge on any atom is -0.465 e. The summed E-state index contributed by atoms with van der Waals surface area (Å²) in [6.07, 6.45) is 0.551. The van der Waals surface area contributed by atoms with Gasteiger partial charge in [-0.1, -0.05) is 6.92 Å². The molecule has 88 valence electrons. The highest BCUT2D eigenvalue weighted by molar-refractivity contribution is 5.85. The van der Waals surface area contributed by atoms with Gasteiger partial charge in [-0.25, -0.2) is 0 Å². The lowest BCUT2D eigenvalue weighted by Crippen LogP contribution is -2.56. The first-order valence-electron chi connectivity index (χ1n) is 5.09. The first-order chi connectivity index (χ1) is 6.85. The third-order valence-corrected chi connectivity index (χ3v) is 2.13. The number of nitrogens with two attached hydrogens (primary N) is 1. The van der Waals surface area contributed by atoms with Gasteiger partial charge in [-0.05, 0) is 27.2 Å². The second-order valence-electron chi connectivity index (χ2n) is 3.85. The van der Waals surface area contributed by atoms with Crippen LogP contribution in [-0.4, -0.2) is 30.1 Å². The first kappa shape index (κ1) is 13.9. The molecule has 0 saturated heterocycles. The number of primary amides is 1. The van der Waals surface area contributed by atoms with Gasteiger partial charge < -0.3 is 10.5 Å². The summed E-state index contributed by atoms with van der Waals surface area (Å²) in [5.41, 5.74) is 4.28. The standard InChI is InChI=1S/C10H20N2O3/c1-5-7(8(13)15-6-2)12-10(3,4)9(11)14/h7,12H,5-6H2,1-4H3,(H2,11,14). The van der Waals surface area contributed by atoms with Gasteiger partial charge in [-0.15, -0.1) is 0 Å². The zero-order chi connectivity index (χ0) is 12.1. The van der Waals surface area contributed by atoms with Crippen LogP contribution in [0.2, 0.25) is 0 Å². The van der Waals surface area contributed by atoms with Crippen molar-refractivity contribution in [3.05, 3.63) is 0 Å². The second kappa shape index (κ2) is 5.70. The van der Waals surface area contributed by atoms with Gasteiger partial charge in [0.05, 0.1) is 12.1 Å². The predicted octanol–water partition coefficient (Wildman–Crippen LogP) is 0.182. The molecule has 1 atom stereocenters. The highest BCUT2D eigenvalue weighted by atomic mass is 16.5. The molecule has 0 aromatic heterocycles. The lowest BCUT2D eigenvalue weighted by atomic mass is 10.0. The summed E-state index contributed by atoms with van der Waals surface area (Å²) >= 11 is 0. The summed E-state index contributed by atoms with van der Waals surface area (Å²) in [4.78, 5) is 22.5. The lowest BCUT2D eigenvalue weighted by Gasteiger charge is -2.27. The Hall–Kier alpha value is -1.10. The molecule has 0 fully saturated rings. The van der Waals surface area contributed by atoms with Crippen LogP contribution in [-0.2, 0) is 14.3 Å². The molecule has 1 unspecified atom stereocenters. The molecule has 0 aromatic carbocycles. The van der Waals surface area contributed by atoms with E-state index in [4.69, 9.17) is 10.5 Å². The molecule has 5 nitrogen and oxygen atoms in total. The van der Waals surface area contributed by atoms with Gasteiger partial charge >= 0.3 is 5.97 Å². The molecule has 0 aliphatic carbocycles. The van der Waals surface area contributed by atoms with Gasteiger partial charge in [0, 0.05) is 0 Å². The van der Waals surface area contributed by atoms with Crippen molar-refractivity contribution in [2.45, 2.75) is 45.7 Å². The van der Waals surface area contributed by atoms with E-state index in [0.717, 1.165) is 0 Å². The van der Waals surface area contributed by atoms with Crippen molar-refractivity contribution >= 4 is 11.9 Å². The summed E-state index contributed by atoms with van der Waals surface area (Å²) in [6.45, 7) is 7.18. The zero-order valence-corrected chi connectivity index (χ0v) is 9.79. The van der Waals surface area contributed by atoms with Gasteiger partial charge in [-0.2, -0.15) is 0 Å². The Balaban J connectivity index is 4.45. The molecule has 0 aromatic rings. The minimum atomic E-state index is -0.909. The fraction of sp³-hybridized carbons (Fsp3) is 0.800. The van der Waals surface area contributed by atoms with E-state index in [9.17, 15) is 9.59 Å². The molecule has 5 heteroatoms. The van der Waals surface area contributed by atoms with Gasteiger partial charge in [-0.3, -0.25) is 14.9 Å². The first-order valence-corrected chi connectivity index (χ1v) is 5.09. The number of nitrogens with one attached hydrogen (secondary N) is 1. The molecule has 1 amide bonds. The average molecular weight is 216 g/mol. The molecule has 0 saturated carbocycles. The molecule has 0 rings (SSSR count). The van der Waals surface area contributed by atoms with E-state index in [1.807, 2.05) is 6.92 Å². The van der Waals surface area contributed by atoms with Crippen molar-refractivity contribution in [3.8, 4) is 0 Å². The Kier molecular flexibility index (Phi) is 5.28. The molecule has 0 aliphatic rings. The van der Waals surface area contributed by atoms with Gasteiger partial charge in [0.25, 0.3) is 0 Å². The summed E-state index contributed by atoms with van der Waals surface area (Å²) in [5.74, 6) is -0.848. The van der Waals surface area contributed by atoms with Crippen LogP contribution in [0.25, 0.3) is 0 Å². The molecule has 15 heavy (non-hydrogen) atoms. The Morgan fingerprint density at radius 2 is 1.93 bits per heavy atom. The topological polar surface area (TPSA) is 81.4 Å². The van der Waals surface area contributed by atoms with Gasteiger partial charge in [0.1, 0.15) is 6.04 Å². The van der Waals surface area contributed by atoms with Crippen LogP contribution >= 0.6 is 0 Å². The SMILES string of the molecule is CCOC(=O)C(CC)NC(C)(C)C(N)=O. The van der Waals surface area contributed by atoms with E-state index in [0.29, 0.717) is 13.0 Å². The summed E-state index contributed by atoms with van der Waals surface area (Å²) in [5, 5.41) is 2.88. The van der Waals surface area contributed by atoms with E-state index in [1.54, 1.807) is 20.8 Å². The van der Waals surface area contributed by atoms with Crippen LogP contribution in [0.3, 0.4) is 0 Å². The molecular weight excluding hydrogens is 196 g/mol. The monoisotopic (exact) mass is 216 g/mol. The number of rotatable bonds is 6. The Morgan fingerprint density at radius 1 is 1.40 bits per heavy atom. The van der Waals surface area contributed by atoms with E-state index < -0.39 is 17.5 Å². The maximum absolute atomic E-state index is 11.4. The quantitative estimate of drug-likeness (QED) is 0.621. The largest absolute Gasteiger partial charge is 0.465 e. The molecule has 3 N–H and O–H groups in total. The van der Waals surface area contributed by atoms with Crippen molar-refractivity contribution in [3.63, 3.8) is 0 Å². The highest BCUT2D eigenvalue weighted by Gasteiger charge is 2.30. The molecule has 0 aliphatic heterocycles. The fourth-order valence-electron chi connectivity index (χ4n) is 1.08. The maximum atomic E-state index is 11.4. The summed E-state index contributed by atoms with van der Waals surface area (Å²) in [6, 6.07) is -0.493. The van der Waals surface area contributed by atoms with E-state index in [1.165, 1.54) is 0 Å². The Labute approximate surface area is 90.4 Å². The molecule has 0 heterocycles. The van der Waals surface area contributed by atoms with E-state index in [-0.39, 0.29) is 5.97 Å². The normalized spacial score (nSPS) is 13.3. The number of carbonyl (C=O) groups is 2. The molecule has 0 radical (unpaired) electrons. The molecule has 0 spiro atoms.